The summed E-state index contributed by atoms with van der Waals surface area (Å²) >= 11 is 0. The van der Waals surface area contributed by atoms with Crippen molar-refractivity contribution in [2.75, 3.05) is 0 Å². The lowest BCUT2D eigenvalue weighted by Crippen LogP contribution is -1.63. The van der Waals surface area contributed by atoms with Crippen LogP contribution >= 0.6 is 0 Å². The molecule has 0 aliphatic heterocycles. The molecule has 0 atom stereocenters. The summed E-state index contributed by atoms with van der Waals surface area (Å²) in [5.41, 5.74) is 1.08. The lowest BCUT2D eigenvalue weighted by molar-refractivity contribution is 0.667. The Morgan fingerprint density at radius 1 is 1.33 bits per heavy atom. The van der Waals surface area contributed by atoms with Crippen molar-refractivity contribution in [3.05, 3.63) is 36.2 Å². The molecule has 0 radical (unpaired) electrons. The second kappa shape index (κ2) is 4.07. The van der Waals surface area contributed by atoms with E-state index in [0.29, 0.717) is 0 Å². The summed E-state index contributed by atoms with van der Waals surface area (Å²) in [7, 11) is 0. The largest absolute Gasteiger partial charge is 0.207 e. The molecule has 0 rings (SSSR count). The van der Waals surface area contributed by atoms with Crippen LogP contribution in [0.4, 0.5) is 4.39 Å². The zero-order valence-corrected chi connectivity index (χ0v) is 5.82. The normalized spacial score (nSPS) is 10.8. The zero-order chi connectivity index (χ0) is 7.28. The van der Waals surface area contributed by atoms with Gasteiger partial charge in [0.15, 0.2) is 0 Å². The van der Waals surface area contributed by atoms with Crippen LogP contribution in [-0.4, -0.2) is 0 Å². The number of halogens is 1. The minimum Gasteiger partial charge on any atom is -0.207 e. The average Bonchev–Trinajstić information content (AvgIpc) is 1.83. The molecule has 9 heavy (non-hydrogen) atoms. The first-order chi connectivity index (χ1) is 4.16. The highest BCUT2D eigenvalue weighted by Crippen LogP contribution is 1.98. The van der Waals surface area contributed by atoms with Gasteiger partial charge >= 0.3 is 0 Å². The summed E-state index contributed by atoms with van der Waals surface area (Å²) in [4.78, 5) is 0. The standard InChI is InChI=1S/C8H11F/c1-4-8(9)6-5-7(2)3/h4-6H,1H2,2-3H3/b8-6+. The average molecular weight is 126 g/mol. The highest BCUT2D eigenvalue weighted by molar-refractivity contribution is 5.17. The van der Waals surface area contributed by atoms with Crippen molar-refractivity contribution in [3.8, 4) is 0 Å². The fourth-order valence-electron chi connectivity index (χ4n) is 0.314. The van der Waals surface area contributed by atoms with Crippen LogP contribution in [0.25, 0.3) is 0 Å². The van der Waals surface area contributed by atoms with Gasteiger partial charge in [-0.1, -0.05) is 18.2 Å². The maximum Gasteiger partial charge on any atom is 0.122 e. The fraction of sp³-hybridized carbons (Fsp3) is 0.250. The molecular formula is C8H11F. The van der Waals surface area contributed by atoms with E-state index in [-0.39, 0.29) is 5.83 Å². The van der Waals surface area contributed by atoms with Gasteiger partial charge in [-0.05, 0) is 26.0 Å². The van der Waals surface area contributed by atoms with Crippen molar-refractivity contribution in [1.29, 1.82) is 0 Å². The first kappa shape index (κ1) is 8.15. The van der Waals surface area contributed by atoms with Gasteiger partial charge in [0.1, 0.15) is 5.83 Å². The molecular weight excluding hydrogens is 115 g/mol. The van der Waals surface area contributed by atoms with E-state index in [4.69, 9.17) is 0 Å². The highest BCUT2D eigenvalue weighted by Gasteiger charge is 1.79. The van der Waals surface area contributed by atoms with Gasteiger partial charge in [0.05, 0.1) is 0 Å². The molecule has 0 amide bonds. The van der Waals surface area contributed by atoms with Crippen LogP contribution in [0.3, 0.4) is 0 Å². The third-order valence-corrected chi connectivity index (χ3v) is 0.771. The summed E-state index contributed by atoms with van der Waals surface area (Å²) in [5, 5.41) is 0. The van der Waals surface area contributed by atoms with E-state index in [1.165, 1.54) is 12.2 Å². The Kier molecular flexibility index (Phi) is 3.69. The Bertz CT molecular complexity index is 148. The molecule has 50 valence electrons. The minimum absolute atomic E-state index is 0.295. The van der Waals surface area contributed by atoms with Gasteiger partial charge in [0.25, 0.3) is 0 Å². The van der Waals surface area contributed by atoms with Gasteiger partial charge < -0.3 is 0 Å². The van der Waals surface area contributed by atoms with Crippen molar-refractivity contribution in [2.24, 2.45) is 0 Å². The minimum atomic E-state index is -0.295. The molecule has 0 saturated heterocycles. The molecule has 0 aromatic carbocycles. The first-order valence-corrected chi connectivity index (χ1v) is 2.80. The molecule has 0 aromatic heterocycles. The van der Waals surface area contributed by atoms with E-state index < -0.39 is 0 Å². The number of rotatable bonds is 2. The smallest absolute Gasteiger partial charge is 0.122 e. The quantitative estimate of drug-likeness (QED) is 0.499. The third-order valence-electron chi connectivity index (χ3n) is 0.771. The van der Waals surface area contributed by atoms with Crippen LogP contribution in [0.15, 0.2) is 36.2 Å². The summed E-state index contributed by atoms with van der Waals surface area (Å²) in [5.74, 6) is -0.295. The second-order valence-corrected chi connectivity index (χ2v) is 2.00. The van der Waals surface area contributed by atoms with E-state index in [1.807, 2.05) is 13.8 Å². The van der Waals surface area contributed by atoms with E-state index in [2.05, 4.69) is 6.58 Å². The van der Waals surface area contributed by atoms with Gasteiger partial charge in [-0.3, -0.25) is 0 Å². The zero-order valence-electron chi connectivity index (χ0n) is 5.82. The summed E-state index contributed by atoms with van der Waals surface area (Å²) in [6.45, 7) is 7.09. The monoisotopic (exact) mass is 126 g/mol. The molecule has 0 spiro atoms. The SMILES string of the molecule is C=C/C(F)=C\C=C(C)C. The van der Waals surface area contributed by atoms with Crippen LogP contribution in [0.5, 0.6) is 0 Å². The van der Waals surface area contributed by atoms with Crippen LogP contribution in [-0.2, 0) is 0 Å². The Morgan fingerprint density at radius 3 is 2.22 bits per heavy atom. The Morgan fingerprint density at radius 2 is 1.89 bits per heavy atom. The van der Waals surface area contributed by atoms with Crippen molar-refractivity contribution in [1.82, 2.24) is 0 Å². The van der Waals surface area contributed by atoms with E-state index >= 15 is 0 Å². The summed E-state index contributed by atoms with van der Waals surface area (Å²) in [6, 6.07) is 0. The van der Waals surface area contributed by atoms with Gasteiger partial charge in [0.2, 0.25) is 0 Å². The predicted molar refractivity (Wildman–Crippen MR) is 38.8 cm³/mol. The van der Waals surface area contributed by atoms with Gasteiger partial charge in [-0.2, -0.15) is 0 Å². The fourth-order valence-corrected chi connectivity index (χ4v) is 0.314. The van der Waals surface area contributed by atoms with Crippen molar-refractivity contribution >= 4 is 0 Å². The number of hydrogen-bond donors (Lipinski definition) is 0. The molecule has 0 aliphatic carbocycles. The number of allylic oxidation sites excluding steroid dienone is 5. The topological polar surface area (TPSA) is 0 Å². The molecule has 0 unspecified atom stereocenters. The Balaban J connectivity index is 3.98. The van der Waals surface area contributed by atoms with Crippen molar-refractivity contribution in [2.45, 2.75) is 13.8 Å². The highest BCUT2D eigenvalue weighted by atomic mass is 19.1. The van der Waals surface area contributed by atoms with Gasteiger partial charge in [0, 0.05) is 0 Å². The molecule has 1 heteroatoms. The molecule has 0 saturated carbocycles. The number of hydrogen-bond acceptors (Lipinski definition) is 0. The maximum atomic E-state index is 12.2. The van der Waals surface area contributed by atoms with Crippen LogP contribution in [0.1, 0.15) is 13.8 Å². The molecule has 0 N–H and O–H groups in total. The van der Waals surface area contributed by atoms with Gasteiger partial charge in [-0.15, -0.1) is 0 Å². The summed E-state index contributed by atoms with van der Waals surface area (Å²) < 4.78 is 12.2. The van der Waals surface area contributed by atoms with E-state index in [1.54, 1.807) is 6.08 Å². The predicted octanol–water partition coefficient (Wildman–Crippen LogP) is 2.99. The second-order valence-electron chi connectivity index (χ2n) is 2.00. The van der Waals surface area contributed by atoms with Crippen molar-refractivity contribution < 1.29 is 4.39 Å². The van der Waals surface area contributed by atoms with Gasteiger partial charge in [-0.25, -0.2) is 4.39 Å². The molecule has 0 nitrogen and oxygen atoms in total. The van der Waals surface area contributed by atoms with Crippen LogP contribution < -0.4 is 0 Å². The van der Waals surface area contributed by atoms with Crippen molar-refractivity contribution in [3.63, 3.8) is 0 Å². The molecule has 0 aliphatic rings. The van der Waals surface area contributed by atoms with E-state index in [0.717, 1.165) is 5.57 Å². The van der Waals surface area contributed by atoms with E-state index in [9.17, 15) is 4.39 Å². The third kappa shape index (κ3) is 5.01. The lowest BCUT2D eigenvalue weighted by atomic mass is 10.3. The van der Waals surface area contributed by atoms with Crippen LogP contribution in [0, 0.1) is 0 Å². The Labute approximate surface area is 55.4 Å². The first-order valence-electron chi connectivity index (χ1n) is 2.80. The lowest BCUT2D eigenvalue weighted by Gasteiger charge is -1.82. The maximum absolute atomic E-state index is 12.2. The Hall–Kier alpha value is -0.850. The molecule has 0 aromatic rings. The molecule has 0 heterocycles. The molecule has 0 fully saturated rings. The molecule has 0 bridgehead atoms. The summed E-state index contributed by atoms with van der Waals surface area (Å²) in [6.07, 6.45) is 4.28. The van der Waals surface area contributed by atoms with Crippen LogP contribution in [0.2, 0.25) is 0 Å².